The van der Waals surface area contributed by atoms with E-state index in [2.05, 4.69) is 12.2 Å². The molecule has 106 valence electrons. The maximum Gasteiger partial charge on any atom is 0.336 e. The van der Waals surface area contributed by atoms with Gasteiger partial charge in [0.25, 0.3) is 0 Å². The third-order valence-corrected chi connectivity index (χ3v) is 3.16. The van der Waals surface area contributed by atoms with E-state index in [9.17, 15) is 9.59 Å². The lowest BCUT2D eigenvalue weighted by molar-refractivity contribution is -0.116. The smallest absolute Gasteiger partial charge is 0.336 e. The number of anilines is 1. The molecule has 2 aromatic rings. The molecule has 4 heteroatoms. The summed E-state index contributed by atoms with van der Waals surface area (Å²) in [5, 5.41) is 3.67. The minimum Gasteiger partial charge on any atom is -0.423 e. The van der Waals surface area contributed by atoms with Crippen LogP contribution in [0.1, 0.15) is 39.0 Å². The Balaban J connectivity index is 1.97. The molecule has 0 saturated heterocycles. The first kappa shape index (κ1) is 14.3. The second-order valence-electron chi connectivity index (χ2n) is 4.87. The Kier molecular flexibility index (Phi) is 4.93. The Morgan fingerprint density at radius 3 is 2.80 bits per heavy atom. The van der Waals surface area contributed by atoms with Gasteiger partial charge in [0.05, 0.1) is 0 Å². The van der Waals surface area contributed by atoms with Gasteiger partial charge >= 0.3 is 5.63 Å². The summed E-state index contributed by atoms with van der Waals surface area (Å²) in [6.45, 7) is 2.15. The van der Waals surface area contributed by atoms with Crippen molar-refractivity contribution in [1.29, 1.82) is 0 Å². The molecule has 1 aromatic heterocycles. The van der Waals surface area contributed by atoms with Crippen LogP contribution < -0.4 is 10.9 Å². The van der Waals surface area contributed by atoms with Crippen molar-refractivity contribution in [2.24, 2.45) is 0 Å². The topological polar surface area (TPSA) is 59.3 Å². The van der Waals surface area contributed by atoms with Gasteiger partial charge in [0.1, 0.15) is 5.58 Å². The Morgan fingerprint density at radius 2 is 2.00 bits per heavy atom. The van der Waals surface area contributed by atoms with Gasteiger partial charge in [0, 0.05) is 23.6 Å². The number of benzene rings is 1. The molecule has 1 N–H and O–H groups in total. The summed E-state index contributed by atoms with van der Waals surface area (Å²) in [5.74, 6) is 0.0258. The van der Waals surface area contributed by atoms with Gasteiger partial charge in [-0.15, -0.1) is 0 Å². The summed E-state index contributed by atoms with van der Waals surface area (Å²) < 4.78 is 5.05. The van der Waals surface area contributed by atoms with Crippen LogP contribution in [-0.4, -0.2) is 5.91 Å². The molecular formula is C16H19NO3. The molecule has 20 heavy (non-hydrogen) atoms. The fourth-order valence-electron chi connectivity index (χ4n) is 2.09. The van der Waals surface area contributed by atoms with Crippen LogP contribution in [0.4, 0.5) is 5.69 Å². The Labute approximate surface area is 117 Å². The van der Waals surface area contributed by atoms with E-state index in [1.807, 2.05) is 6.07 Å². The highest BCUT2D eigenvalue weighted by Crippen LogP contribution is 2.18. The number of rotatable bonds is 6. The molecule has 0 spiro atoms. The Morgan fingerprint density at radius 1 is 1.15 bits per heavy atom. The molecule has 0 radical (unpaired) electrons. The van der Waals surface area contributed by atoms with E-state index >= 15 is 0 Å². The van der Waals surface area contributed by atoms with Gasteiger partial charge < -0.3 is 9.73 Å². The average molecular weight is 273 g/mol. The van der Waals surface area contributed by atoms with E-state index in [1.165, 1.54) is 12.5 Å². The fraction of sp³-hybridized carbons (Fsp3) is 0.375. The fourth-order valence-corrected chi connectivity index (χ4v) is 2.09. The predicted molar refractivity (Wildman–Crippen MR) is 79.9 cm³/mol. The average Bonchev–Trinajstić information content (AvgIpc) is 2.44. The van der Waals surface area contributed by atoms with Crippen LogP contribution in [0.15, 0.2) is 39.5 Å². The van der Waals surface area contributed by atoms with Crippen molar-refractivity contribution in [1.82, 2.24) is 0 Å². The Hall–Kier alpha value is -2.10. The number of unbranched alkanes of at least 4 members (excludes halogenated alkanes) is 3. The first-order chi connectivity index (χ1) is 9.69. The van der Waals surface area contributed by atoms with Gasteiger partial charge in [-0.1, -0.05) is 26.2 Å². The molecule has 4 nitrogen and oxygen atoms in total. The van der Waals surface area contributed by atoms with Crippen LogP contribution in [0.3, 0.4) is 0 Å². The van der Waals surface area contributed by atoms with E-state index in [4.69, 9.17) is 4.42 Å². The van der Waals surface area contributed by atoms with Crippen LogP contribution >= 0.6 is 0 Å². The van der Waals surface area contributed by atoms with Crippen molar-refractivity contribution in [3.8, 4) is 0 Å². The number of hydrogen-bond donors (Lipinski definition) is 1. The molecule has 0 saturated carbocycles. The normalized spacial score (nSPS) is 10.7. The number of nitrogens with one attached hydrogen (secondary N) is 1. The number of amides is 1. The van der Waals surface area contributed by atoms with Crippen molar-refractivity contribution < 1.29 is 9.21 Å². The highest BCUT2D eigenvalue weighted by molar-refractivity contribution is 5.93. The van der Waals surface area contributed by atoms with Gasteiger partial charge in [-0.05, 0) is 30.7 Å². The van der Waals surface area contributed by atoms with Crippen molar-refractivity contribution >= 4 is 22.6 Å². The molecule has 1 heterocycles. The molecule has 1 amide bonds. The molecule has 0 aliphatic heterocycles. The lowest BCUT2D eigenvalue weighted by atomic mass is 10.1. The number of fused-ring (bicyclic) bond motifs is 1. The summed E-state index contributed by atoms with van der Waals surface area (Å²) in [7, 11) is 0. The van der Waals surface area contributed by atoms with Gasteiger partial charge in [0.15, 0.2) is 0 Å². The number of carbonyl (C=O) groups excluding carboxylic acids is 1. The SMILES string of the molecule is CCCCCCC(=O)Nc1ccc2oc(=O)ccc2c1. The third-order valence-electron chi connectivity index (χ3n) is 3.16. The van der Waals surface area contributed by atoms with Crippen LogP contribution in [0, 0.1) is 0 Å². The van der Waals surface area contributed by atoms with E-state index < -0.39 is 0 Å². The monoisotopic (exact) mass is 273 g/mol. The maximum absolute atomic E-state index is 11.8. The van der Waals surface area contributed by atoms with Crippen LogP contribution in [0.5, 0.6) is 0 Å². The first-order valence-electron chi connectivity index (χ1n) is 7.03. The van der Waals surface area contributed by atoms with E-state index in [-0.39, 0.29) is 11.5 Å². The summed E-state index contributed by atoms with van der Waals surface area (Å²) in [5.41, 5.74) is 0.885. The molecule has 0 aliphatic rings. The summed E-state index contributed by atoms with van der Waals surface area (Å²) in [6, 6.07) is 8.32. The third kappa shape index (κ3) is 3.95. The first-order valence-corrected chi connectivity index (χ1v) is 7.03. The lowest BCUT2D eigenvalue weighted by Gasteiger charge is -2.06. The quantitative estimate of drug-likeness (QED) is 0.645. The highest BCUT2D eigenvalue weighted by atomic mass is 16.4. The van der Waals surface area contributed by atoms with E-state index in [1.54, 1.807) is 18.2 Å². The molecule has 0 aliphatic carbocycles. The molecule has 0 fully saturated rings. The summed E-state index contributed by atoms with van der Waals surface area (Å²) >= 11 is 0. The van der Waals surface area contributed by atoms with Gasteiger partial charge in [-0.25, -0.2) is 4.79 Å². The molecule has 0 atom stereocenters. The standard InChI is InChI=1S/C16H19NO3/c1-2-3-4-5-6-15(18)17-13-8-9-14-12(11-13)7-10-16(19)20-14/h7-11H,2-6H2,1H3,(H,17,18). The zero-order valence-electron chi connectivity index (χ0n) is 11.6. The Bertz CT molecular complexity index is 645. The van der Waals surface area contributed by atoms with Crippen LogP contribution in [0.2, 0.25) is 0 Å². The molecular weight excluding hydrogens is 254 g/mol. The largest absolute Gasteiger partial charge is 0.423 e. The summed E-state index contributed by atoms with van der Waals surface area (Å²) in [4.78, 5) is 22.9. The van der Waals surface area contributed by atoms with Crippen molar-refractivity contribution in [2.45, 2.75) is 39.0 Å². The minimum absolute atomic E-state index is 0.0258. The lowest BCUT2D eigenvalue weighted by Crippen LogP contribution is -2.11. The van der Waals surface area contributed by atoms with Crippen molar-refractivity contribution in [3.63, 3.8) is 0 Å². The second-order valence-corrected chi connectivity index (χ2v) is 4.87. The van der Waals surface area contributed by atoms with Crippen LogP contribution in [-0.2, 0) is 4.79 Å². The van der Waals surface area contributed by atoms with Crippen molar-refractivity contribution in [2.75, 3.05) is 5.32 Å². The predicted octanol–water partition coefficient (Wildman–Crippen LogP) is 3.70. The number of hydrogen-bond acceptors (Lipinski definition) is 3. The number of carbonyl (C=O) groups is 1. The zero-order chi connectivity index (χ0) is 14.4. The molecule has 0 bridgehead atoms. The van der Waals surface area contributed by atoms with E-state index in [0.717, 1.165) is 30.3 Å². The maximum atomic E-state index is 11.8. The van der Waals surface area contributed by atoms with Crippen molar-refractivity contribution in [3.05, 3.63) is 40.8 Å². The van der Waals surface area contributed by atoms with Gasteiger partial charge in [0.2, 0.25) is 5.91 Å². The molecule has 2 rings (SSSR count). The summed E-state index contributed by atoms with van der Waals surface area (Å²) in [6.07, 6.45) is 4.89. The zero-order valence-corrected chi connectivity index (χ0v) is 11.6. The molecule has 1 aromatic carbocycles. The second kappa shape index (κ2) is 6.89. The van der Waals surface area contributed by atoms with Crippen LogP contribution in [0.25, 0.3) is 11.0 Å². The molecule has 0 unspecified atom stereocenters. The minimum atomic E-state index is -0.370. The highest BCUT2D eigenvalue weighted by Gasteiger charge is 2.04. The van der Waals surface area contributed by atoms with Gasteiger partial charge in [-0.2, -0.15) is 0 Å². The van der Waals surface area contributed by atoms with E-state index in [0.29, 0.717) is 12.0 Å². The van der Waals surface area contributed by atoms with Gasteiger partial charge in [-0.3, -0.25) is 4.79 Å².